The van der Waals surface area contributed by atoms with Gasteiger partial charge in [-0.2, -0.15) is 0 Å². The Labute approximate surface area is 120 Å². The number of hydrogen-bond acceptors (Lipinski definition) is 5. The monoisotopic (exact) mass is 281 g/mol. The van der Waals surface area contributed by atoms with Crippen molar-refractivity contribution < 1.29 is 19.0 Å². The van der Waals surface area contributed by atoms with Crippen molar-refractivity contribution in [3.8, 4) is 0 Å². The number of ether oxygens (including phenoxy) is 3. The highest BCUT2D eigenvalue weighted by Gasteiger charge is 2.08. The fraction of sp³-hybridized carbons (Fsp3) is 0.533. The van der Waals surface area contributed by atoms with E-state index in [0.717, 1.165) is 25.2 Å². The van der Waals surface area contributed by atoms with Gasteiger partial charge in [0.2, 0.25) is 0 Å². The average molecular weight is 281 g/mol. The van der Waals surface area contributed by atoms with Crippen LogP contribution in [0.3, 0.4) is 0 Å². The van der Waals surface area contributed by atoms with E-state index >= 15 is 0 Å². The first-order valence-electron chi connectivity index (χ1n) is 6.58. The van der Waals surface area contributed by atoms with Gasteiger partial charge in [0, 0.05) is 33.9 Å². The maximum Gasteiger partial charge on any atom is 0.337 e. The summed E-state index contributed by atoms with van der Waals surface area (Å²) in [6.45, 7) is 3.86. The molecule has 0 N–H and O–H groups in total. The van der Waals surface area contributed by atoms with Crippen molar-refractivity contribution in [3.63, 3.8) is 0 Å². The second kappa shape index (κ2) is 9.47. The highest BCUT2D eigenvalue weighted by molar-refractivity contribution is 5.89. The summed E-state index contributed by atoms with van der Waals surface area (Å²) in [6.07, 6.45) is 0. The molecule has 5 heteroatoms. The maximum absolute atomic E-state index is 11.4. The summed E-state index contributed by atoms with van der Waals surface area (Å²) >= 11 is 0. The van der Waals surface area contributed by atoms with E-state index in [1.807, 2.05) is 12.1 Å². The fourth-order valence-corrected chi connectivity index (χ4v) is 1.83. The van der Waals surface area contributed by atoms with Gasteiger partial charge in [0.15, 0.2) is 0 Å². The topological polar surface area (TPSA) is 48.0 Å². The molecule has 0 unspecified atom stereocenters. The van der Waals surface area contributed by atoms with Crippen LogP contribution in [0.15, 0.2) is 24.3 Å². The van der Waals surface area contributed by atoms with Crippen LogP contribution >= 0.6 is 0 Å². The van der Waals surface area contributed by atoms with Crippen LogP contribution in [0.5, 0.6) is 0 Å². The Hall–Kier alpha value is -1.43. The molecule has 1 rings (SSSR count). The van der Waals surface area contributed by atoms with Gasteiger partial charge < -0.3 is 14.2 Å². The molecular weight excluding hydrogens is 258 g/mol. The first-order valence-corrected chi connectivity index (χ1v) is 6.58. The Morgan fingerprint density at radius 2 is 1.55 bits per heavy atom. The van der Waals surface area contributed by atoms with E-state index in [-0.39, 0.29) is 5.97 Å². The minimum absolute atomic E-state index is 0.313. The highest BCUT2D eigenvalue weighted by atomic mass is 16.5. The predicted molar refractivity (Wildman–Crippen MR) is 76.8 cm³/mol. The molecule has 0 aliphatic rings. The second-order valence-corrected chi connectivity index (χ2v) is 4.45. The Balaban J connectivity index is 2.60. The van der Waals surface area contributed by atoms with Crippen LogP contribution in [0.25, 0.3) is 0 Å². The van der Waals surface area contributed by atoms with Crippen molar-refractivity contribution in [1.82, 2.24) is 4.90 Å². The highest BCUT2D eigenvalue weighted by Crippen LogP contribution is 2.08. The van der Waals surface area contributed by atoms with Crippen LogP contribution < -0.4 is 0 Å². The molecule has 0 heterocycles. The first kappa shape index (κ1) is 16.6. The van der Waals surface area contributed by atoms with Crippen LogP contribution in [0.4, 0.5) is 0 Å². The Kier molecular flexibility index (Phi) is 7.87. The van der Waals surface area contributed by atoms with Gasteiger partial charge >= 0.3 is 5.97 Å². The summed E-state index contributed by atoms with van der Waals surface area (Å²) in [5, 5.41) is 0. The number of rotatable bonds is 9. The van der Waals surface area contributed by atoms with Crippen LogP contribution in [0.2, 0.25) is 0 Å². The maximum atomic E-state index is 11.4. The van der Waals surface area contributed by atoms with E-state index in [4.69, 9.17) is 9.47 Å². The molecule has 0 atom stereocenters. The van der Waals surface area contributed by atoms with Crippen LogP contribution in [-0.4, -0.2) is 58.5 Å². The predicted octanol–water partition coefficient (Wildman–Crippen LogP) is 1.57. The fourth-order valence-electron chi connectivity index (χ4n) is 1.83. The molecule has 0 saturated carbocycles. The standard InChI is InChI=1S/C15H23NO4/c1-18-10-8-16(9-11-19-2)12-13-4-6-14(7-5-13)15(17)20-3/h4-7H,8-12H2,1-3H3. The van der Waals surface area contributed by atoms with Gasteiger partial charge in [0.1, 0.15) is 0 Å². The lowest BCUT2D eigenvalue weighted by atomic mass is 10.1. The SMILES string of the molecule is COCCN(CCOC)Cc1ccc(C(=O)OC)cc1. The number of nitrogens with zero attached hydrogens (tertiary/aromatic N) is 1. The second-order valence-electron chi connectivity index (χ2n) is 4.45. The number of hydrogen-bond donors (Lipinski definition) is 0. The van der Waals surface area contributed by atoms with E-state index < -0.39 is 0 Å². The van der Waals surface area contributed by atoms with E-state index in [1.165, 1.54) is 7.11 Å². The molecule has 0 fully saturated rings. The number of methoxy groups -OCH3 is 3. The Morgan fingerprint density at radius 3 is 2.00 bits per heavy atom. The quantitative estimate of drug-likeness (QED) is 0.643. The molecule has 0 aliphatic heterocycles. The van der Waals surface area contributed by atoms with Gasteiger partial charge in [-0.05, 0) is 17.7 Å². The molecule has 20 heavy (non-hydrogen) atoms. The van der Waals surface area contributed by atoms with Crippen molar-refractivity contribution in [2.75, 3.05) is 47.6 Å². The van der Waals surface area contributed by atoms with Crippen molar-refractivity contribution >= 4 is 5.97 Å². The zero-order chi connectivity index (χ0) is 14.8. The summed E-state index contributed by atoms with van der Waals surface area (Å²) in [5.41, 5.74) is 1.71. The lowest BCUT2D eigenvalue weighted by Crippen LogP contribution is -2.30. The van der Waals surface area contributed by atoms with E-state index in [1.54, 1.807) is 26.4 Å². The molecule has 0 saturated heterocycles. The smallest absolute Gasteiger partial charge is 0.337 e. The minimum Gasteiger partial charge on any atom is -0.465 e. The molecule has 0 radical (unpaired) electrons. The van der Waals surface area contributed by atoms with E-state index in [2.05, 4.69) is 9.64 Å². The lowest BCUT2D eigenvalue weighted by Gasteiger charge is -2.21. The van der Waals surface area contributed by atoms with Crippen LogP contribution in [0.1, 0.15) is 15.9 Å². The summed E-state index contributed by atoms with van der Waals surface area (Å²) in [5.74, 6) is -0.313. The molecule has 1 aromatic rings. The number of esters is 1. The third-order valence-electron chi connectivity index (χ3n) is 3.00. The van der Waals surface area contributed by atoms with E-state index in [9.17, 15) is 4.79 Å². The molecule has 1 aromatic carbocycles. The zero-order valence-electron chi connectivity index (χ0n) is 12.4. The molecule has 0 spiro atoms. The molecule has 0 aliphatic carbocycles. The van der Waals surface area contributed by atoms with Crippen molar-refractivity contribution in [2.45, 2.75) is 6.54 Å². The largest absolute Gasteiger partial charge is 0.465 e. The van der Waals surface area contributed by atoms with Gasteiger partial charge in [-0.3, -0.25) is 4.90 Å². The summed E-state index contributed by atoms with van der Waals surface area (Å²) in [7, 11) is 4.77. The summed E-state index contributed by atoms with van der Waals surface area (Å²) < 4.78 is 14.9. The van der Waals surface area contributed by atoms with Crippen molar-refractivity contribution in [3.05, 3.63) is 35.4 Å². The van der Waals surface area contributed by atoms with Crippen LogP contribution in [0, 0.1) is 0 Å². The summed E-state index contributed by atoms with van der Waals surface area (Å²) in [6, 6.07) is 7.45. The van der Waals surface area contributed by atoms with Crippen molar-refractivity contribution in [1.29, 1.82) is 0 Å². The van der Waals surface area contributed by atoms with Gasteiger partial charge in [-0.15, -0.1) is 0 Å². The molecule has 5 nitrogen and oxygen atoms in total. The third-order valence-corrected chi connectivity index (χ3v) is 3.00. The lowest BCUT2D eigenvalue weighted by molar-refractivity contribution is 0.0600. The van der Waals surface area contributed by atoms with Crippen molar-refractivity contribution in [2.24, 2.45) is 0 Å². The van der Waals surface area contributed by atoms with Gasteiger partial charge in [0.25, 0.3) is 0 Å². The van der Waals surface area contributed by atoms with Gasteiger partial charge in [0.05, 0.1) is 25.9 Å². The number of benzene rings is 1. The Morgan fingerprint density at radius 1 is 1.00 bits per heavy atom. The molecule has 112 valence electrons. The van der Waals surface area contributed by atoms with Crippen LogP contribution in [-0.2, 0) is 20.8 Å². The van der Waals surface area contributed by atoms with Gasteiger partial charge in [-0.1, -0.05) is 12.1 Å². The normalized spacial score (nSPS) is 10.8. The Bertz CT molecular complexity index is 383. The zero-order valence-corrected chi connectivity index (χ0v) is 12.4. The average Bonchev–Trinajstić information content (AvgIpc) is 2.49. The third kappa shape index (κ3) is 5.69. The summed E-state index contributed by atoms with van der Waals surface area (Å²) in [4.78, 5) is 13.6. The molecule has 0 bridgehead atoms. The van der Waals surface area contributed by atoms with E-state index in [0.29, 0.717) is 18.8 Å². The number of carbonyl (C=O) groups excluding carboxylic acids is 1. The number of carbonyl (C=O) groups is 1. The minimum atomic E-state index is -0.313. The molecular formula is C15H23NO4. The van der Waals surface area contributed by atoms with Gasteiger partial charge in [-0.25, -0.2) is 4.79 Å². The molecule has 0 aromatic heterocycles. The first-order chi connectivity index (χ1) is 9.71. The molecule has 0 amide bonds.